The number of aromatic nitrogens is 3. The number of nitrogens with one attached hydrogen (secondary N) is 2. The van der Waals surface area contributed by atoms with E-state index in [9.17, 15) is 9.59 Å². The van der Waals surface area contributed by atoms with Crippen molar-refractivity contribution in [2.45, 2.75) is 38.5 Å². The molecule has 7 nitrogen and oxygen atoms in total. The van der Waals surface area contributed by atoms with Gasteiger partial charge in [-0.3, -0.25) is 9.59 Å². The molecule has 1 atom stereocenters. The van der Waals surface area contributed by atoms with E-state index in [-0.39, 0.29) is 23.6 Å². The van der Waals surface area contributed by atoms with Gasteiger partial charge in [-0.2, -0.15) is 0 Å². The van der Waals surface area contributed by atoms with Crippen LogP contribution in [-0.4, -0.2) is 32.3 Å². The van der Waals surface area contributed by atoms with Crippen LogP contribution in [0.1, 0.15) is 41.6 Å². The number of nitrogens with zero attached hydrogens (tertiary/aromatic N) is 3. The lowest BCUT2D eigenvalue weighted by Gasteiger charge is -2.15. The number of anilines is 1. The van der Waals surface area contributed by atoms with Gasteiger partial charge in [0.15, 0.2) is 11.0 Å². The van der Waals surface area contributed by atoms with Crippen molar-refractivity contribution in [2.75, 3.05) is 11.1 Å². The highest BCUT2D eigenvalue weighted by molar-refractivity contribution is 7.99. The van der Waals surface area contributed by atoms with Crippen LogP contribution in [0.5, 0.6) is 0 Å². The minimum Gasteiger partial charge on any atom is -0.342 e. The molecule has 0 aliphatic carbocycles. The molecule has 0 aliphatic heterocycles. The van der Waals surface area contributed by atoms with Crippen LogP contribution in [0.2, 0.25) is 5.02 Å². The number of halogens is 1. The number of amides is 2. The fourth-order valence-electron chi connectivity index (χ4n) is 3.04. The first-order valence-electron chi connectivity index (χ1n) is 9.87. The lowest BCUT2D eigenvalue weighted by atomic mass is 10.2. The summed E-state index contributed by atoms with van der Waals surface area (Å²) in [5.41, 5.74) is 2.20. The number of thioether (sulfide) groups is 1. The lowest BCUT2D eigenvalue weighted by molar-refractivity contribution is -0.113. The van der Waals surface area contributed by atoms with E-state index in [4.69, 9.17) is 11.6 Å². The highest BCUT2D eigenvalue weighted by atomic mass is 35.5. The van der Waals surface area contributed by atoms with Gasteiger partial charge < -0.3 is 15.2 Å². The highest BCUT2D eigenvalue weighted by Gasteiger charge is 2.21. The number of aryl methyl sites for hydroxylation is 1. The van der Waals surface area contributed by atoms with Crippen molar-refractivity contribution in [1.29, 1.82) is 0 Å². The third kappa shape index (κ3) is 5.65. The van der Waals surface area contributed by atoms with Gasteiger partial charge in [0.2, 0.25) is 5.91 Å². The molecule has 0 spiro atoms. The van der Waals surface area contributed by atoms with Gasteiger partial charge in [0.25, 0.3) is 5.91 Å². The standard InChI is InChI=1S/C22H24ClN5O2S/c1-4-28-20(15(3)24-21(30)16-10-6-7-11-17(16)23)26-27-22(28)31-13-19(29)25-18-12-8-5-9-14(18)2/h5-12,15H,4,13H2,1-3H3,(H,24,30)(H,25,29)/t15-/m0/s1. The largest absolute Gasteiger partial charge is 0.342 e. The van der Waals surface area contributed by atoms with E-state index in [1.807, 2.05) is 49.6 Å². The normalized spacial score (nSPS) is 11.7. The van der Waals surface area contributed by atoms with E-state index < -0.39 is 0 Å². The van der Waals surface area contributed by atoms with Crippen molar-refractivity contribution < 1.29 is 9.59 Å². The van der Waals surface area contributed by atoms with Gasteiger partial charge in [-0.15, -0.1) is 10.2 Å². The van der Waals surface area contributed by atoms with Gasteiger partial charge >= 0.3 is 0 Å². The summed E-state index contributed by atoms with van der Waals surface area (Å²) in [4.78, 5) is 24.9. The molecule has 0 bridgehead atoms. The molecular formula is C22H24ClN5O2S. The Balaban J connectivity index is 1.64. The van der Waals surface area contributed by atoms with Crippen molar-refractivity contribution in [3.63, 3.8) is 0 Å². The fourth-order valence-corrected chi connectivity index (χ4v) is 4.07. The van der Waals surface area contributed by atoms with Gasteiger partial charge in [-0.05, 0) is 44.5 Å². The molecular weight excluding hydrogens is 434 g/mol. The Kier molecular flexibility index (Phi) is 7.70. The molecule has 2 N–H and O–H groups in total. The Morgan fingerprint density at radius 3 is 2.55 bits per heavy atom. The van der Waals surface area contributed by atoms with Crippen LogP contribution in [0.15, 0.2) is 53.7 Å². The summed E-state index contributed by atoms with van der Waals surface area (Å²) in [5.74, 6) is 0.416. The third-order valence-corrected chi connectivity index (χ3v) is 5.96. The Labute approximate surface area is 190 Å². The van der Waals surface area contributed by atoms with Gasteiger partial charge in [0.05, 0.1) is 22.4 Å². The maximum Gasteiger partial charge on any atom is 0.253 e. The number of carbonyl (C=O) groups excluding carboxylic acids is 2. The topological polar surface area (TPSA) is 88.9 Å². The van der Waals surface area contributed by atoms with Crippen LogP contribution in [0, 0.1) is 6.92 Å². The minimum atomic E-state index is -0.383. The number of hydrogen-bond acceptors (Lipinski definition) is 5. The van der Waals surface area contributed by atoms with Gasteiger partial charge in [0, 0.05) is 12.2 Å². The second kappa shape index (κ2) is 10.5. The fraction of sp³-hybridized carbons (Fsp3) is 0.273. The lowest BCUT2D eigenvalue weighted by Crippen LogP contribution is -2.29. The van der Waals surface area contributed by atoms with Crippen molar-refractivity contribution in [3.05, 3.63) is 70.5 Å². The molecule has 31 heavy (non-hydrogen) atoms. The number of para-hydroxylation sites is 1. The van der Waals surface area contributed by atoms with Crippen LogP contribution >= 0.6 is 23.4 Å². The summed E-state index contributed by atoms with van der Waals surface area (Å²) < 4.78 is 1.89. The molecule has 2 amide bonds. The quantitative estimate of drug-likeness (QED) is 0.487. The molecule has 0 fully saturated rings. The second-order valence-corrected chi connectivity index (χ2v) is 8.26. The molecule has 162 valence electrons. The van der Waals surface area contributed by atoms with Crippen LogP contribution < -0.4 is 10.6 Å². The Morgan fingerprint density at radius 2 is 1.84 bits per heavy atom. The molecule has 3 aromatic rings. The molecule has 3 rings (SSSR count). The summed E-state index contributed by atoms with van der Waals surface area (Å²) in [6.45, 7) is 6.36. The summed E-state index contributed by atoms with van der Waals surface area (Å²) in [6.07, 6.45) is 0. The van der Waals surface area contributed by atoms with Crippen molar-refractivity contribution in [2.24, 2.45) is 0 Å². The van der Waals surface area contributed by atoms with Gasteiger partial charge in [-0.1, -0.05) is 53.7 Å². The smallest absolute Gasteiger partial charge is 0.253 e. The summed E-state index contributed by atoms with van der Waals surface area (Å²) in [6, 6.07) is 14.1. The molecule has 1 heterocycles. The van der Waals surface area contributed by atoms with Gasteiger partial charge in [-0.25, -0.2) is 0 Å². The van der Waals surface area contributed by atoms with E-state index in [1.54, 1.807) is 24.3 Å². The summed E-state index contributed by atoms with van der Waals surface area (Å²) in [5, 5.41) is 15.3. The van der Waals surface area contributed by atoms with E-state index >= 15 is 0 Å². The number of benzene rings is 2. The summed E-state index contributed by atoms with van der Waals surface area (Å²) in [7, 11) is 0. The van der Waals surface area contributed by atoms with E-state index in [0.29, 0.717) is 28.1 Å². The molecule has 0 unspecified atom stereocenters. The van der Waals surface area contributed by atoms with E-state index in [1.165, 1.54) is 11.8 Å². The van der Waals surface area contributed by atoms with Crippen molar-refractivity contribution >= 4 is 40.9 Å². The van der Waals surface area contributed by atoms with E-state index in [0.717, 1.165) is 11.3 Å². The first-order chi connectivity index (χ1) is 14.9. The Bertz CT molecular complexity index is 1090. The van der Waals surface area contributed by atoms with Gasteiger partial charge in [0.1, 0.15) is 0 Å². The molecule has 0 saturated heterocycles. The third-order valence-electron chi connectivity index (χ3n) is 4.67. The average Bonchev–Trinajstić information content (AvgIpc) is 3.17. The SMILES string of the molecule is CCn1c(SCC(=O)Nc2ccccc2C)nnc1[C@H](C)NC(=O)c1ccccc1Cl. The zero-order valence-electron chi connectivity index (χ0n) is 17.6. The molecule has 0 radical (unpaired) electrons. The van der Waals surface area contributed by atoms with Crippen LogP contribution in [0.4, 0.5) is 5.69 Å². The molecule has 9 heteroatoms. The number of hydrogen-bond donors (Lipinski definition) is 2. The first kappa shape index (κ1) is 22.8. The average molecular weight is 458 g/mol. The molecule has 2 aromatic carbocycles. The minimum absolute atomic E-state index is 0.119. The Morgan fingerprint density at radius 1 is 1.13 bits per heavy atom. The molecule has 0 aliphatic rings. The second-order valence-electron chi connectivity index (χ2n) is 6.91. The zero-order chi connectivity index (χ0) is 22.4. The van der Waals surface area contributed by atoms with Crippen LogP contribution in [0.3, 0.4) is 0 Å². The number of rotatable bonds is 8. The van der Waals surface area contributed by atoms with E-state index in [2.05, 4.69) is 20.8 Å². The summed E-state index contributed by atoms with van der Waals surface area (Å²) >= 11 is 7.42. The predicted octanol–water partition coefficient (Wildman–Crippen LogP) is 4.48. The van der Waals surface area contributed by atoms with Crippen LogP contribution in [-0.2, 0) is 11.3 Å². The van der Waals surface area contributed by atoms with Crippen molar-refractivity contribution in [1.82, 2.24) is 20.1 Å². The first-order valence-corrected chi connectivity index (χ1v) is 11.2. The maximum absolute atomic E-state index is 12.6. The maximum atomic E-state index is 12.6. The van der Waals surface area contributed by atoms with Crippen molar-refractivity contribution in [3.8, 4) is 0 Å². The van der Waals surface area contributed by atoms with Crippen LogP contribution in [0.25, 0.3) is 0 Å². The number of carbonyl (C=O) groups is 2. The predicted molar refractivity (Wildman–Crippen MR) is 124 cm³/mol. The molecule has 0 saturated carbocycles. The monoisotopic (exact) mass is 457 g/mol. The molecule has 1 aromatic heterocycles. The highest BCUT2D eigenvalue weighted by Crippen LogP contribution is 2.22. The zero-order valence-corrected chi connectivity index (χ0v) is 19.1. The Hall–Kier alpha value is -2.84.